The van der Waals surface area contributed by atoms with Gasteiger partial charge in [-0.3, -0.25) is 9.59 Å². The highest BCUT2D eigenvalue weighted by Gasteiger charge is 2.62. The molecule has 4 saturated carbocycles. The fourth-order valence-corrected chi connectivity index (χ4v) is 6.53. The van der Waals surface area contributed by atoms with Crippen molar-refractivity contribution in [3.05, 3.63) is 0 Å². The Labute approximate surface area is 133 Å². The van der Waals surface area contributed by atoms with Crippen LogP contribution in [0.25, 0.3) is 0 Å². The van der Waals surface area contributed by atoms with E-state index in [-0.39, 0.29) is 23.7 Å². The lowest BCUT2D eigenvalue weighted by Crippen LogP contribution is -2.60. The minimum atomic E-state index is -0.795. The summed E-state index contributed by atoms with van der Waals surface area (Å²) in [5.74, 6) is 0.0813. The molecular weight excluding hydrogens is 278 g/mol. The smallest absolute Gasteiger partial charge is 0.303 e. The number of hydrogen-bond acceptors (Lipinski definition) is 2. The summed E-state index contributed by atoms with van der Waals surface area (Å²) in [5, 5.41) is 11.9. The van der Waals surface area contributed by atoms with Crippen LogP contribution in [0.3, 0.4) is 0 Å². The van der Waals surface area contributed by atoms with Crippen LogP contribution in [-0.4, -0.2) is 23.5 Å². The number of nitrogens with one attached hydrogen (secondary N) is 1. The van der Waals surface area contributed by atoms with Crippen molar-refractivity contribution in [2.45, 2.75) is 65.7 Å². The van der Waals surface area contributed by atoms with Gasteiger partial charge in [0.15, 0.2) is 0 Å². The first-order valence-electron chi connectivity index (χ1n) is 8.64. The monoisotopic (exact) mass is 307 g/mol. The molecule has 4 heteroatoms. The van der Waals surface area contributed by atoms with E-state index in [4.69, 9.17) is 5.11 Å². The van der Waals surface area contributed by atoms with Gasteiger partial charge in [-0.25, -0.2) is 0 Å². The third-order valence-corrected chi connectivity index (χ3v) is 6.24. The summed E-state index contributed by atoms with van der Waals surface area (Å²) in [5.41, 5.74) is 0.474. The maximum absolute atomic E-state index is 12.9. The van der Waals surface area contributed by atoms with E-state index in [1.165, 1.54) is 19.3 Å². The van der Waals surface area contributed by atoms with Gasteiger partial charge in [-0.1, -0.05) is 20.8 Å². The molecule has 3 atom stereocenters. The summed E-state index contributed by atoms with van der Waals surface area (Å²) in [7, 11) is 0. The van der Waals surface area contributed by atoms with Gasteiger partial charge in [0.1, 0.15) is 0 Å². The Bertz CT molecular complexity index is 483. The quantitative estimate of drug-likeness (QED) is 0.819. The van der Waals surface area contributed by atoms with Crippen LogP contribution < -0.4 is 5.32 Å². The van der Waals surface area contributed by atoms with Crippen LogP contribution >= 0.6 is 0 Å². The molecule has 0 heterocycles. The van der Waals surface area contributed by atoms with Gasteiger partial charge < -0.3 is 10.4 Å². The minimum Gasteiger partial charge on any atom is -0.481 e. The second kappa shape index (κ2) is 4.97. The molecule has 4 aliphatic carbocycles. The van der Waals surface area contributed by atoms with Gasteiger partial charge in [-0.2, -0.15) is 0 Å². The van der Waals surface area contributed by atoms with Gasteiger partial charge in [0.2, 0.25) is 5.91 Å². The van der Waals surface area contributed by atoms with Gasteiger partial charge in [0, 0.05) is 13.0 Å². The predicted molar refractivity (Wildman–Crippen MR) is 84.3 cm³/mol. The minimum absolute atomic E-state index is 0.0125. The average Bonchev–Trinajstić information content (AvgIpc) is 2.30. The Balaban J connectivity index is 1.68. The van der Waals surface area contributed by atoms with Gasteiger partial charge in [0.05, 0.1) is 5.41 Å². The normalized spacial score (nSPS) is 43.9. The summed E-state index contributed by atoms with van der Waals surface area (Å²) in [6.45, 7) is 7.09. The predicted octanol–water partition coefficient (Wildman–Crippen LogP) is 3.21. The van der Waals surface area contributed by atoms with Crippen LogP contribution in [0.1, 0.15) is 65.7 Å². The van der Waals surface area contributed by atoms with Crippen molar-refractivity contribution in [3.8, 4) is 0 Å². The molecule has 0 aromatic carbocycles. The van der Waals surface area contributed by atoms with Crippen LogP contribution in [0.2, 0.25) is 0 Å². The van der Waals surface area contributed by atoms with Crippen LogP contribution in [0, 0.1) is 28.1 Å². The fraction of sp³-hybridized carbons (Fsp3) is 0.889. The molecule has 3 unspecified atom stereocenters. The molecule has 22 heavy (non-hydrogen) atoms. The summed E-state index contributed by atoms with van der Waals surface area (Å²) in [6, 6.07) is 0. The maximum Gasteiger partial charge on any atom is 0.303 e. The first-order chi connectivity index (χ1) is 10.1. The Morgan fingerprint density at radius 2 is 1.73 bits per heavy atom. The lowest BCUT2D eigenvalue weighted by atomic mass is 9.40. The number of hydrogen-bond donors (Lipinski definition) is 2. The standard InChI is InChI=1S/C18H29NO3/c1-12(4-14(20)21)8-19-15(22)18-7-13-5-16(2,10-18)9-17(3,6-13)11-18/h12-13H,4-11H2,1-3H3,(H,19,22)(H,20,21). The Morgan fingerprint density at radius 3 is 2.23 bits per heavy atom. The molecule has 4 fully saturated rings. The van der Waals surface area contributed by atoms with Crippen molar-refractivity contribution in [2.24, 2.45) is 28.1 Å². The maximum atomic E-state index is 12.9. The number of aliphatic carboxylic acids is 1. The molecular formula is C18H29NO3. The number of amides is 1. The van der Waals surface area contributed by atoms with E-state index in [0.29, 0.717) is 23.3 Å². The first kappa shape index (κ1) is 15.8. The number of rotatable bonds is 5. The summed E-state index contributed by atoms with van der Waals surface area (Å²) in [4.78, 5) is 23.7. The van der Waals surface area contributed by atoms with Crippen molar-refractivity contribution < 1.29 is 14.7 Å². The summed E-state index contributed by atoms with van der Waals surface area (Å²) in [6.07, 6.45) is 7.03. The van der Waals surface area contributed by atoms with Gasteiger partial charge >= 0.3 is 5.97 Å². The van der Waals surface area contributed by atoms with Crippen molar-refractivity contribution in [3.63, 3.8) is 0 Å². The number of carboxylic acids is 1. The van der Waals surface area contributed by atoms with E-state index in [9.17, 15) is 9.59 Å². The summed E-state index contributed by atoms with van der Waals surface area (Å²) >= 11 is 0. The highest BCUT2D eigenvalue weighted by molar-refractivity contribution is 5.83. The first-order valence-corrected chi connectivity index (χ1v) is 8.64. The highest BCUT2D eigenvalue weighted by Crippen LogP contribution is 2.69. The van der Waals surface area contributed by atoms with Crippen molar-refractivity contribution in [2.75, 3.05) is 6.54 Å². The van der Waals surface area contributed by atoms with Gasteiger partial charge in [-0.15, -0.1) is 0 Å². The van der Waals surface area contributed by atoms with Crippen molar-refractivity contribution >= 4 is 11.9 Å². The molecule has 4 nitrogen and oxygen atoms in total. The van der Waals surface area contributed by atoms with E-state index < -0.39 is 5.97 Å². The van der Waals surface area contributed by atoms with E-state index in [0.717, 1.165) is 19.3 Å². The van der Waals surface area contributed by atoms with E-state index in [1.54, 1.807) is 0 Å². The molecule has 0 spiro atoms. The Kier molecular flexibility index (Phi) is 3.57. The number of carboxylic acid groups (broad SMARTS) is 1. The molecule has 2 N–H and O–H groups in total. The van der Waals surface area contributed by atoms with Crippen molar-refractivity contribution in [1.29, 1.82) is 0 Å². The Morgan fingerprint density at radius 1 is 1.14 bits per heavy atom. The van der Waals surface area contributed by atoms with E-state index >= 15 is 0 Å². The number of carbonyl (C=O) groups excluding carboxylic acids is 1. The lowest BCUT2D eigenvalue weighted by molar-refractivity contribution is -0.170. The number of carbonyl (C=O) groups is 2. The molecule has 0 aromatic heterocycles. The lowest BCUT2D eigenvalue weighted by Gasteiger charge is -2.64. The van der Waals surface area contributed by atoms with E-state index in [2.05, 4.69) is 19.2 Å². The largest absolute Gasteiger partial charge is 0.481 e. The molecule has 0 aliphatic heterocycles. The molecule has 0 saturated heterocycles. The van der Waals surface area contributed by atoms with Crippen LogP contribution in [0.15, 0.2) is 0 Å². The third-order valence-electron chi connectivity index (χ3n) is 6.24. The topological polar surface area (TPSA) is 66.4 Å². The Hall–Kier alpha value is -1.06. The van der Waals surface area contributed by atoms with Crippen LogP contribution in [-0.2, 0) is 9.59 Å². The van der Waals surface area contributed by atoms with E-state index in [1.807, 2.05) is 6.92 Å². The molecule has 4 bridgehead atoms. The summed E-state index contributed by atoms with van der Waals surface area (Å²) < 4.78 is 0. The fourth-order valence-electron chi connectivity index (χ4n) is 6.53. The molecule has 1 amide bonds. The third kappa shape index (κ3) is 2.77. The second-order valence-electron chi connectivity index (χ2n) is 9.32. The molecule has 0 radical (unpaired) electrons. The zero-order valence-electron chi connectivity index (χ0n) is 14.1. The molecule has 4 rings (SSSR count). The second-order valence-corrected chi connectivity index (χ2v) is 9.32. The molecule has 4 aliphatic rings. The SMILES string of the molecule is CC(CNC(=O)C12CC3CC(C)(CC(C)(C3)C1)C2)CC(=O)O. The van der Waals surface area contributed by atoms with Gasteiger partial charge in [0.25, 0.3) is 0 Å². The van der Waals surface area contributed by atoms with Crippen LogP contribution in [0.4, 0.5) is 0 Å². The highest BCUT2D eigenvalue weighted by atomic mass is 16.4. The average molecular weight is 307 g/mol. The van der Waals surface area contributed by atoms with Gasteiger partial charge in [-0.05, 0) is 61.2 Å². The van der Waals surface area contributed by atoms with Crippen molar-refractivity contribution in [1.82, 2.24) is 5.32 Å². The molecule has 124 valence electrons. The zero-order valence-corrected chi connectivity index (χ0v) is 14.1. The van der Waals surface area contributed by atoms with Crippen LogP contribution in [0.5, 0.6) is 0 Å². The molecule has 0 aromatic rings. The zero-order chi connectivity index (χ0) is 16.2.